The van der Waals surface area contributed by atoms with E-state index >= 15 is 0 Å². The molecule has 0 N–H and O–H groups in total. The summed E-state index contributed by atoms with van der Waals surface area (Å²) in [6.07, 6.45) is 5.77. The maximum absolute atomic E-state index is 4.33. The second kappa shape index (κ2) is 6.17. The molecule has 0 saturated heterocycles. The molecule has 4 rings (SSSR count). The average molecular weight is 310 g/mol. The van der Waals surface area contributed by atoms with Gasteiger partial charge in [-0.1, -0.05) is 96.0 Å². The zero-order valence-electron chi connectivity index (χ0n) is 13.3. The first-order chi connectivity index (χ1) is 11.9. The van der Waals surface area contributed by atoms with Gasteiger partial charge < -0.3 is 0 Å². The average Bonchev–Trinajstić information content (AvgIpc) is 3.20. The summed E-state index contributed by atoms with van der Waals surface area (Å²) in [5.74, 6) is 0. The van der Waals surface area contributed by atoms with E-state index in [4.69, 9.17) is 0 Å². The summed E-state index contributed by atoms with van der Waals surface area (Å²) >= 11 is 0. The molecule has 0 spiro atoms. The molecule has 0 aliphatic carbocycles. The molecule has 0 saturated carbocycles. The van der Waals surface area contributed by atoms with Crippen LogP contribution in [0.2, 0.25) is 0 Å². The van der Waals surface area contributed by atoms with Crippen LogP contribution in [0.3, 0.4) is 0 Å². The van der Waals surface area contributed by atoms with E-state index in [0.717, 1.165) is 0 Å². The van der Waals surface area contributed by atoms with Crippen molar-refractivity contribution in [3.8, 4) is 0 Å². The topological polar surface area (TPSA) is 17.3 Å². The summed E-state index contributed by atoms with van der Waals surface area (Å²) in [5, 5.41) is 0. The van der Waals surface area contributed by atoms with Gasteiger partial charge in [0.1, 0.15) is 6.20 Å². The van der Waals surface area contributed by atoms with Crippen molar-refractivity contribution < 1.29 is 0 Å². The summed E-state index contributed by atoms with van der Waals surface area (Å²) in [5.41, 5.74) is 3.18. The summed E-state index contributed by atoms with van der Waals surface area (Å²) in [4.78, 5) is 6.52. The van der Waals surface area contributed by atoms with Gasteiger partial charge >= 0.3 is 0 Å². The standard InChI is InChI=1S/C22H18N2/c1-4-10-19(11-5-1)22(24-17-16-23-18-24,20-12-6-2-7-13-20)21-14-8-3-9-15-21/h1-18H/q+1. The number of nitrogens with zero attached hydrogens (tertiary/aromatic N) is 2. The zero-order valence-corrected chi connectivity index (χ0v) is 13.3. The third kappa shape index (κ3) is 2.24. The Hall–Kier alpha value is -3.13. The zero-order chi connectivity index (χ0) is 16.2. The van der Waals surface area contributed by atoms with Crippen LogP contribution in [0, 0.1) is 0 Å². The highest BCUT2D eigenvalue weighted by Crippen LogP contribution is 2.42. The van der Waals surface area contributed by atoms with Crippen molar-refractivity contribution in [3.63, 3.8) is 0 Å². The van der Waals surface area contributed by atoms with Crippen molar-refractivity contribution in [2.45, 2.75) is 5.54 Å². The minimum Gasteiger partial charge on any atom is -0.215 e. The fraction of sp³-hybridized carbons (Fsp3) is 0.0455. The van der Waals surface area contributed by atoms with Gasteiger partial charge in [-0.25, -0.2) is 4.90 Å². The molecule has 1 heterocycles. The van der Waals surface area contributed by atoms with Crippen molar-refractivity contribution in [3.05, 3.63) is 120 Å². The Labute approximate surface area is 142 Å². The highest BCUT2D eigenvalue weighted by Gasteiger charge is 2.46. The van der Waals surface area contributed by atoms with E-state index in [1.54, 1.807) is 0 Å². The smallest absolute Gasteiger partial charge is 0.215 e. The number of hydrogen-bond donors (Lipinski definition) is 0. The number of benzene rings is 3. The Morgan fingerprint density at radius 1 is 0.583 bits per heavy atom. The molecule has 0 fully saturated rings. The molecule has 1 aliphatic rings. The molecular formula is C22H18N2+. The molecule has 3 aromatic rings. The monoisotopic (exact) mass is 310 g/mol. The van der Waals surface area contributed by atoms with Gasteiger partial charge in [0.15, 0.2) is 11.7 Å². The normalized spacial score (nSPS) is 13.4. The van der Waals surface area contributed by atoms with Gasteiger partial charge in [0.25, 0.3) is 6.34 Å². The molecule has 24 heavy (non-hydrogen) atoms. The van der Waals surface area contributed by atoms with Crippen LogP contribution in [0.15, 0.2) is 103 Å². The van der Waals surface area contributed by atoms with Crippen molar-refractivity contribution in [1.82, 2.24) is 9.89 Å². The second-order valence-corrected chi connectivity index (χ2v) is 5.78. The first kappa shape index (κ1) is 14.5. The maximum Gasteiger partial charge on any atom is 0.287 e. The van der Waals surface area contributed by atoms with Crippen LogP contribution in [0.5, 0.6) is 0 Å². The van der Waals surface area contributed by atoms with Crippen LogP contribution in [0.4, 0.5) is 0 Å². The minimum atomic E-state index is -0.444. The van der Waals surface area contributed by atoms with Gasteiger partial charge in [0.05, 0.1) is 0 Å². The van der Waals surface area contributed by atoms with E-state index in [1.165, 1.54) is 16.7 Å². The third-order valence-corrected chi connectivity index (χ3v) is 4.47. The lowest BCUT2D eigenvalue weighted by molar-refractivity contribution is 0.364. The number of hydrogen-bond acceptors (Lipinski definition) is 2. The summed E-state index contributed by atoms with van der Waals surface area (Å²) in [6.45, 7) is 0. The van der Waals surface area contributed by atoms with Crippen LogP contribution < -0.4 is 4.99 Å². The van der Waals surface area contributed by atoms with E-state index in [2.05, 4.69) is 101 Å². The van der Waals surface area contributed by atoms with Gasteiger partial charge in [-0.15, -0.1) is 0 Å². The molecule has 1 aliphatic heterocycles. The first-order valence-corrected chi connectivity index (χ1v) is 8.07. The lowest BCUT2D eigenvalue weighted by Crippen LogP contribution is -2.44. The summed E-state index contributed by atoms with van der Waals surface area (Å²) < 4.78 is 0. The lowest BCUT2D eigenvalue weighted by atomic mass is 9.76. The molecule has 2 nitrogen and oxygen atoms in total. The molecule has 115 valence electrons. The number of aliphatic imine (C=N–C) groups is 1. The molecule has 3 aromatic carbocycles. The quantitative estimate of drug-likeness (QED) is 0.662. The van der Waals surface area contributed by atoms with Crippen LogP contribution in [-0.2, 0) is 5.54 Å². The highest BCUT2D eigenvalue weighted by atomic mass is 15.2. The molecule has 0 atom stereocenters. The third-order valence-electron chi connectivity index (χ3n) is 4.47. The predicted octanol–water partition coefficient (Wildman–Crippen LogP) is 4.13. The van der Waals surface area contributed by atoms with Crippen molar-refractivity contribution in [1.29, 1.82) is 0 Å². The van der Waals surface area contributed by atoms with Crippen molar-refractivity contribution >= 4 is 6.34 Å². The second-order valence-electron chi connectivity index (χ2n) is 5.78. The first-order valence-electron chi connectivity index (χ1n) is 8.07. The Kier molecular flexibility index (Phi) is 3.72. The van der Waals surface area contributed by atoms with E-state index < -0.39 is 5.54 Å². The van der Waals surface area contributed by atoms with Gasteiger partial charge in [-0.05, 0) is 0 Å². The Morgan fingerprint density at radius 2 is 1.00 bits per heavy atom. The van der Waals surface area contributed by atoms with Gasteiger partial charge in [0, 0.05) is 16.7 Å². The Balaban J connectivity index is 2.07. The van der Waals surface area contributed by atoms with Crippen molar-refractivity contribution in [2.75, 3.05) is 0 Å². The van der Waals surface area contributed by atoms with Gasteiger partial charge in [0.2, 0.25) is 0 Å². The highest BCUT2D eigenvalue weighted by molar-refractivity contribution is 5.66. The van der Waals surface area contributed by atoms with Crippen LogP contribution in [0.25, 0.3) is 0 Å². The SMILES string of the molecule is C1=CN(C(c2ccccc2)(c2ccccc2)c2ccccc2)C=[N+]1. The Morgan fingerprint density at radius 3 is 1.33 bits per heavy atom. The minimum absolute atomic E-state index is 0.444. The van der Waals surface area contributed by atoms with Gasteiger partial charge in [-0.2, -0.15) is 0 Å². The molecule has 0 unspecified atom stereocenters. The lowest BCUT2D eigenvalue weighted by Gasteiger charge is -2.36. The molecule has 0 amide bonds. The van der Waals surface area contributed by atoms with Crippen molar-refractivity contribution in [2.24, 2.45) is 0 Å². The molecule has 0 aromatic heterocycles. The fourth-order valence-corrected chi connectivity index (χ4v) is 3.44. The molecule has 0 bridgehead atoms. The Bertz CT molecular complexity index is 744. The van der Waals surface area contributed by atoms with Crippen LogP contribution in [0.1, 0.15) is 16.7 Å². The largest absolute Gasteiger partial charge is 0.287 e. The summed E-state index contributed by atoms with van der Waals surface area (Å²) in [6, 6.07) is 31.8. The van der Waals surface area contributed by atoms with Crippen LogP contribution in [-0.4, -0.2) is 11.2 Å². The maximum atomic E-state index is 4.33. The molecule has 2 heteroatoms. The fourth-order valence-electron chi connectivity index (χ4n) is 3.44. The van der Waals surface area contributed by atoms with E-state index in [-0.39, 0.29) is 0 Å². The van der Waals surface area contributed by atoms with Gasteiger partial charge in [-0.3, -0.25) is 0 Å². The summed E-state index contributed by atoms with van der Waals surface area (Å²) in [7, 11) is 0. The molecule has 1 radical (unpaired) electrons. The van der Waals surface area contributed by atoms with Crippen LogP contribution >= 0.6 is 0 Å². The van der Waals surface area contributed by atoms with E-state index in [0.29, 0.717) is 0 Å². The molecular weight excluding hydrogens is 292 g/mol. The van der Waals surface area contributed by atoms with E-state index in [9.17, 15) is 0 Å². The number of rotatable bonds is 4. The van der Waals surface area contributed by atoms with E-state index in [1.807, 2.05) is 18.7 Å². The predicted molar refractivity (Wildman–Crippen MR) is 98.4 cm³/mol.